The van der Waals surface area contributed by atoms with Gasteiger partial charge in [0.1, 0.15) is 0 Å². The van der Waals surface area contributed by atoms with Crippen molar-refractivity contribution in [3.63, 3.8) is 0 Å². The zero-order valence-corrected chi connectivity index (χ0v) is 28.1. The van der Waals surface area contributed by atoms with Gasteiger partial charge in [-0.15, -0.1) is 0 Å². The van der Waals surface area contributed by atoms with Crippen molar-refractivity contribution in [1.82, 2.24) is 0 Å². The van der Waals surface area contributed by atoms with Crippen LogP contribution in [0.15, 0.2) is 48.5 Å². The second-order valence-electron chi connectivity index (χ2n) is 13.4. The van der Waals surface area contributed by atoms with Gasteiger partial charge in [0.05, 0.1) is 0 Å². The van der Waals surface area contributed by atoms with E-state index in [-0.39, 0.29) is 32.9 Å². The topological polar surface area (TPSA) is 0 Å². The van der Waals surface area contributed by atoms with Crippen LogP contribution in [0.1, 0.15) is 111 Å². The van der Waals surface area contributed by atoms with E-state index in [1.807, 2.05) is 0 Å². The van der Waals surface area contributed by atoms with Crippen molar-refractivity contribution in [1.29, 1.82) is 0 Å². The van der Waals surface area contributed by atoms with E-state index in [1.165, 1.54) is 62.5 Å². The predicted octanol–water partition coefficient (Wildman–Crippen LogP) is 10.3. The Morgan fingerprint density at radius 3 is 1.35 bits per heavy atom. The molecule has 37 heavy (non-hydrogen) atoms. The van der Waals surface area contributed by atoms with Crippen LogP contribution in [0.25, 0.3) is 0 Å². The van der Waals surface area contributed by atoms with Crippen LogP contribution in [0.3, 0.4) is 0 Å². The van der Waals surface area contributed by atoms with E-state index >= 15 is 0 Å². The summed E-state index contributed by atoms with van der Waals surface area (Å²) in [5.41, 5.74) is 4.32. The summed E-state index contributed by atoms with van der Waals surface area (Å²) in [7, 11) is -0.439. The Hall–Kier alpha value is -0.181. The molecule has 0 nitrogen and oxygen atoms in total. The maximum Gasteiger partial charge on any atom is 0 e. The summed E-state index contributed by atoms with van der Waals surface area (Å²) in [6.07, 6.45) is 11.7. The monoisotopic (exact) mass is 580 g/mol. The molecule has 2 fully saturated rings. The van der Waals surface area contributed by atoms with Crippen LogP contribution in [-0.4, -0.2) is 21.6 Å². The summed E-state index contributed by atoms with van der Waals surface area (Å²) in [5, 5.41) is 3.92. The number of benzene rings is 2. The SMILES string of the molecule is C1CCCC1.Cc1ccc(P(c2ccc(C)cc2)C2CCCC2[C@@H](C)P(C(C)(C)C)C(C)(C)C)cc1.[Fe]. The number of aryl methyl sites for hydroxylation is 2. The number of hydrogen-bond donors (Lipinski definition) is 0. The normalized spacial score (nSPS) is 20.9. The van der Waals surface area contributed by atoms with Crippen molar-refractivity contribution in [2.24, 2.45) is 5.92 Å². The second kappa shape index (κ2) is 14.5. The van der Waals surface area contributed by atoms with Crippen molar-refractivity contribution < 1.29 is 17.1 Å². The van der Waals surface area contributed by atoms with Crippen LogP contribution in [0, 0.1) is 19.8 Å². The third kappa shape index (κ3) is 9.18. The minimum absolute atomic E-state index is 0. The molecule has 0 amide bonds. The zero-order chi connectivity index (χ0) is 26.5. The molecular weight excluding hydrogens is 526 g/mol. The largest absolute Gasteiger partial charge is 0.0924 e. The van der Waals surface area contributed by atoms with Gasteiger partial charge in [-0.25, -0.2) is 0 Å². The third-order valence-corrected chi connectivity index (χ3v) is 15.3. The van der Waals surface area contributed by atoms with Gasteiger partial charge in [-0.1, -0.05) is 155 Å². The van der Waals surface area contributed by atoms with Gasteiger partial charge in [-0.05, 0) is 72.8 Å². The second-order valence-corrected chi connectivity index (χ2v) is 20.1. The Labute approximate surface area is 243 Å². The first-order valence-corrected chi connectivity index (χ1v) is 17.4. The van der Waals surface area contributed by atoms with Crippen LogP contribution in [-0.2, 0) is 17.1 Å². The molecule has 2 unspecified atom stereocenters. The van der Waals surface area contributed by atoms with E-state index < -0.39 is 0 Å². The summed E-state index contributed by atoms with van der Waals surface area (Å²) in [6, 6.07) is 19.0. The third-order valence-electron chi connectivity index (χ3n) is 8.21. The Morgan fingerprint density at radius 1 is 0.622 bits per heavy atom. The molecule has 4 rings (SSSR count). The molecule has 0 saturated heterocycles. The summed E-state index contributed by atoms with van der Waals surface area (Å²) >= 11 is 0. The van der Waals surface area contributed by atoms with Gasteiger partial charge in [-0.3, -0.25) is 0 Å². The van der Waals surface area contributed by atoms with Crippen molar-refractivity contribution in [3.8, 4) is 0 Å². The van der Waals surface area contributed by atoms with Crippen molar-refractivity contribution in [2.45, 2.75) is 135 Å². The minimum Gasteiger partial charge on any atom is -0.0924 e. The standard InChI is InChI=1S/C29H44P2.C5H10.Fe/c1-21-13-17-24(18-14-21)30(25-19-15-22(2)16-20-25)27-12-10-11-26(27)23(3)31(28(4,5)6)29(7,8)9;1-2-4-5-3-1;/h13-20,23,26-27H,10-12H2,1-9H3;1-5H2;/t23-,26?,27?;;/m1../s1. The van der Waals surface area contributed by atoms with Gasteiger partial charge in [0.2, 0.25) is 0 Å². The molecule has 208 valence electrons. The number of hydrogen-bond acceptors (Lipinski definition) is 0. The first kappa shape index (κ1) is 33.0. The molecule has 2 saturated carbocycles. The van der Waals surface area contributed by atoms with Crippen molar-refractivity contribution in [2.75, 3.05) is 0 Å². The Kier molecular flexibility index (Phi) is 12.9. The minimum atomic E-state index is -0.335. The summed E-state index contributed by atoms with van der Waals surface area (Å²) in [6.45, 7) is 22.0. The van der Waals surface area contributed by atoms with E-state index in [2.05, 4.69) is 111 Å². The Balaban J connectivity index is 0.000000716. The summed E-state index contributed by atoms with van der Waals surface area (Å²) < 4.78 is 0. The molecule has 0 spiro atoms. The van der Waals surface area contributed by atoms with Gasteiger partial charge in [-0.2, -0.15) is 0 Å². The molecule has 0 heterocycles. The fourth-order valence-corrected chi connectivity index (χ4v) is 15.7. The molecule has 0 aromatic heterocycles. The van der Waals surface area contributed by atoms with Gasteiger partial charge in [0, 0.05) is 17.1 Å². The molecular formula is C34H54FeP2. The van der Waals surface area contributed by atoms with Gasteiger partial charge in [0.15, 0.2) is 0 Å². The molecule has 0 bridgehead atoms. The number of rotatable bonds is 5. The molecule has 3 heteroatoms. The molecule has 0 radical (unpaired) electrons. The van der Waals surface area contributed by atoms with E-state index in [0.29, 0.717) is 10.3 Å². The fourth-order valence-electron chi connectivity index (χ4n) is 7.10. The van der Waals surface area contributed by atoms with Crippen LogP contribution in [0.2, 0.25) is 0 Å². The van der Waals surface area contributed by atoms with Crippen LogP contribution >= 0.6 is 15.8 Å². The quantitative estimate of drug-likeness (QED) is 0.244. The van der Waals surface area contributed by atoms with E-state index in [0.717, 1.165) is 17.2 Å². The molecule has 0 aliphatic heterocycles. The van der Waals surface area contributed by atoms with Crippen LogP contribution in [0.4, 0.5) is 0 Å². The zero-order valence-electron chi connectivity index (χ0n) is 25.3. The van der Waals surface area contributed by atoms with Crippen molar-refractivity contribution >= 4 is 26.5 Å². The maximum atomic E-state index is 2.61. The van der Waals surface area contributed by atoms with E-state index in [9.17, 15) is 0 Å². The molecule has 2 aromatic carbocycles. The van der Waals surface area contributed by atoms with E-state index in [1.54, 1.807) is 10.6 Å². The Bertz CT molecular complexity index is 849. The van der Waals surface area contributed by atoms with Crippen LogP contribution < -0.4 is 10.6 Å². The van der Waals surface area contributed by atoms with E-state index in [4.69, 9.17) is 0 Å². The van der Waals surface area contributed by atoms with Crippen molar-refractivity contribution in [3.05, 3.63) is 59.7 Å². The summed E-state index contributed by atoms with van der Waals surface area (Å²) in [5.74, 6) is 0.832. The van der Waals surface area contributed by atoms with Gasteiger partial charge >= 0.3 is 0 Å². The van der Waals surface area contributed by atoms with Crippen LogP contribution in [0.5, 0.6) is 0 Å². The molecule has 2 aromatic rings. The molecule has 0 N–H and O–H groups in total. The molecule has 2 aliphatic carbocycles. The maximum absolute atomic E-state index is 2.61. The Morgan fingerprint density at radius 2 is 1.00 bits per heavy atom. The smallest absolute Gasteiger partial charge is 0 e. The average molecular weight is 581 g/mol. The molecule has 2 aliphatic rings. The van der Waals surface area contributed by atoms with Gasteiger partial charge < -0.3 is 0 Å². The predicted molar refractivity (Wildman–Crippen MR) is 169 cm³/mol. The van der Waals surface area contributed by atoms with Gasteiger partial charge in [0.25, 0.3) is 0 Å². The molecule has 3 atom stereocenters. The fraction of sp³-hybridized carbons (Fsp3) is 0.647. The first-order chi connectivity index (χ1) is 16.9. The summed E-state index contributed by atoms with van der Waals surface area (Å²) in [4.78, 5) is 0. The average Bonchev–Trinajstić information content (AvgIpc) is 3.50. The first-order valence-electron chi connectivity index (χ1n) is 14.6.